The Balaban J connectivity index is 2.09. The molecule has 1 aromatic rings. The number of benzene rings is 1. The second-order valence-corrected chi connectivity index (χ2v) is 3.53. The third kappa shape index (κ3) is 2.18. The lowest BCUT2D eigenvalue weighted by Crippen LogP contribution is -2.16. The molecular formula is C12H12O3. The number of allylic oxidation sites excluding steroid dienone is 1. The molecule has 0 saturated heterocycles. The van der Waals surface area contributed by atoms with Crippen LogP contribution in [0, 0.1) is 0 Å². The number of rotatable bonds is 2. The largest absolute Gasteiger partial charge is 0.486 e. The van der Waals surface area contributed by atoms with Crippen LogP contribution in [0.15, 0.2) is 42.2 Å². The van der Waals surface area contributed by atoms with Crippen molar-refractivity contribution in [2.45, 2.75) is 12.3 Å². The highest BCUT2D eigenvalue weighted by Gasteiger charge is 2.20. The van der Waals surface area contributed by atoms with E-state index in [4.69, 9.17) is 9.84 Å². The third-order valence-corrected chi connectivity index (χ3v) is 2.51. The first-order chi connectivity index (χ1) is 7.27. The predicted molar refractivity (Wildman–Crippen MR) is 55.5 cm³/mol. The van der Waals surface area contributed by atoms with Crippen LogP contribution in [0.3, 0.4) is 0 Å². The highest BCUT2D eigenvalue weighted by atomic mass is 16.5. The van der Waals surface area contributed by atoms with Gasteiger partial charge in [0.1, 0.15) is 0 Å². The zero-order valence-corrected chi connectivity index (χ0v) is 8.22. The van der Waals surface area contributed by atoms with Gasteiger partial charge in [-0.15, -0.1) is 0 Å². The number of carboxylic acids is 1. The van der Waals surface area contributed by atoms with Crippen molar-refractivity contribution in [1.82, 2.24) is 0 Å². The van der Waals surface area contributed by atoms with E-state index in [2.05, 4.69) is 0 Å². The van der Waals surface area contributed by atoms with Gasteiger partial charge >= 0.3 is 5.97 Å². The van der Waals surface area contributed by atoms with Crippen LogP contribution >= 0.6 is 0 Å². The SMILES string of the molecule is O=C(O)C1=CCC(c2ccccc2)CO1. The Kier molecular flexibility index (Phi) is 2.72. The molecule has 0 bridgehead atoms. The summed E-state index contributed by atoms with van der Waals surface area (Å²) in [5.74, 6) is -0.641. The van der Waals surface area contributed by atoms with Crippen molar-refractivity contribution in [2.24, 2.45) is 0 Å². The summed E-state index contributed by atoms with van der Waals surface area (Å²) < 4.78 is 5.17. The van der Waals surface area contributed by atoms with Crippen LogP contribution in [-0.4, -0.2) is 17.7 Å². The molecule has 1 atom stereocenters. The molecule has 3 nitrogen and oxygen atoms in total. The van der Waals surface area contributed by atoms with Gasteiger partial charge in [0.05, 0.1) is 6.61 Å². The fourth-order valence-corrected chi connectivity index (χ4v) is 1.67. The van der Waals surface area contributed by atoms with Crippen molar-refractivity contribution >= 4 is 5.97 Å². The van der Waals surface area contributed by atoms with Gasteiger partial charge in [-0.2, -0.15) is 0 Å². The minimum Gasteiger partial charge on any atom is -0.486 e. The van der Waals surface area contributed by atoms with E-state index in [1.165, 1.54) is 5.56 Å². The van der Waals surface area contributed by atoms with Crippen LogP contribution in [0.4, 0.5) is 0 Å². The summed E-state index contributed by atoms with van der Waals surface area (Å²) in [6, 6.07) is 9.99. The molecule has 1 heterocycles. The van der Waals surface area contributed by atoms with Crippen LogP contribution in [-0.2, 0) is 9.53 Å². The van der Waals surface area contributed by atoms with Crippen molar-refractivity contribution < 1.29 is 14.6 Å². The topological polar surface area (TPSA) is 46.5 Å². The van der Waals surface area contributed by atoms with Crippen LogP contribution in [0.2, 0.25) is 0 Å². The Morgan fingerprint density at radius 3 is 2.60 bits per heavy atom. The summed E-state index contributed by atoms with van der Waals surface area (Å²) in [6.45, 7) is 0.447. The monoisotopic (exact) mass is 204 g/mol. The lowest BCUT2D eigenvalue weighted by Gasteiger charge is -2.21. The van der Waals surface area contributed by atoms with E-state index < -0.39 is 5.97 Å². The first-order valence-electron chi connectivity index (χ1n) is 4.88. The van der Waals surface area contributed by atoms with Gasteiger partial charge in [-0.1, -0.05) is 30.3 Å². The zero-order valence-electron chi connectivity index (χ0n) is 8.22. The molecule has 0 saturated carbocycles. The Bertz CT molecular complexity index is 381. The number of carbonyl (C=O) groups is 1. The molecule has 0 aromatic heterocycles. The van der Waals surface area contributed by atoms with Crippen molar-refractivity contribution in [2.75, 3.05) is 6.61 Å². The van der Waals surface area contributed by atoms with Crippen LogP contribution < -0.4 is 0 Å². The van der Waals surface area contributed by atoms with Gasteiger partial charge in [-0.05, 0) is 18.1 Å². The first-order valence-corrected chi connectivity index (χ1v) is 4.88. The lowest BCUT2D eigenvalue weighted by atomic mass is 9.95. The average molecular weight is 204 g/mol. The maximum absolute atomic E-state index is 10.6. The molecule has 1 aromatic carbocycles. The fraction of sp³-hybridized carbons (Fsp3) is 0.250. The van der Waals surface area contributed by atoms with Crippen molar-refractivity contribution in [3.05, 3.63) is 47.7 Å². The van der Waals surface area contributed by atoms with E-state index in [9.17, 15) is 4.79 Å². The normalized spacial score (nSPS) is 20.3. The standard InChI is InChI=1S/C12H12O3/c13-12(14)11-7-6-10(8-15-11)9-4-2-1-3-5-9/h1-5,7,10H,6,8H2,(H,13,14). The number of aliphatic carboxylic acids is 1. The Hall–Kier alpha value is -1.77. The summed E-state index contributed by atoms with van der Waals surface area (Å²) in [6.07, 6.45) is 2.37. The van der Waals surface area contributed by atoms with Crippen molar-refractivity contribution in [3.63, 3.8) is 0 Å². The molecule has 0 amide bonds. The van der Waals surface area contributed by atoms with Crippen molar-refractivity contribution in [1.29, 1.82) is 0 Å². The maximum Gasteiger partial charge on any atom is 0.370 e. The molecule has 0 aliphatic carbocycles. The molecule has 78 valence electrons. The molecule has 1 aliphatic heterocycles. The maximum atomic E-state index is 10.6. The van der Waals surface area contributed by atoms with Gasteiger partial charge in [0.25, 0.3) is 0 Å². The van der Waals surface area contributed by atoms with Gasteiger partial charge in [0.2, 0.25) is 0 Å². The quantitative estimate of drug-likeness (QED) is 0.802. The second kappa shape index (κ2) is 4.17. The first kappa shape index (κ1) is 9.77. The zero-order chi connectivity index (χ0) is 10.7. The van der Waals surface area contributed by atoms with Crippen LogP contribution in [0.5, 0.6) is 0 Å². The van der Waals surface area contributed by atoms with Gasteiger partial charge in [0, 0.05) is 5.92 Å². The molecular weight excluding hydrogens is 192 g/mol. The van der Waals surface area contributed by atoms with E-state index >= 15 is 0 Å². The summed E-state index contributed by atoms with van der Waals surface area (Å²) in [7, 11) is 0. The highest BCUT2D eigenvalue weighted by Crippen LogP contribution is 2.25. The summed E-state index contributed by atoms with van der Waals surface area (Å²) >= 11 is 0. The van der Waals surface area contributed by atoms with E-state index in [-0.39, 0.29) is 11.7 Å². The van der Waals surface area contributed by atoms with Gasteiger partial charge < -0.3 is 9.84 Å². The van der Waals surface area contributed by atoms with Crippen LogP contribution in [0.1, 0.15) is 17.9 Å². The molecule has 15 heavy (non-hydrogen) atoms. The summed E-state index contributed by atoms with van der Waals surface area (Å²) in [5.41, 5.74) is 1.19. The summed E-state index contributed by atoms with van der Waals surface area (Å²) in [5, 5.41) is 8.70. The van der Waals surface area contributed by atoms with Gasteiger partial charge in [0.15, 0.2) is 5.76 Å². The van der Waals surface area contributed by atoms with Gasteiger partial charge in [-0.3, -0.25) is 0 Å². The molecule has 3 heteroatoms. The summed E-state index contributed by atoms with van der Waals surface area (Å²) in [4.78, 5) is 10.6. The fourth-order valence-electron chi connectivity index (χ4n) is 1.67. The van der Waals surface area contributed by atoms with Crippen LogP contribution in [0.25, 0.3) is 0 Å². The number of ether oxygens (including phenoxy) is 1. The molecule has 1 aliphatic rings. The predicted octanol–water partition coefficient (Wildman–Crippen LogP) is 2.16. The third-order valence-electron chi connectivity index (χ3n) is 2.51. The molecule has 1 N–H and O–H groups in total. The Morgan fingerprint density at radius 1 is 1.33 bits per heavy atom. The van der Waals surface area contributed by atoms with E-state index in [1.54, 1.807) is 6.08 Å². The molecule has 1 unspecified atom stereocenters. The Morgan fingerprint density at radius 2 is 2.07 bits per heavy atom. The lowest BCUT2D eigenvalue weighted by molar-refractivity contribution is -0.137. The van der Waals surface area contributed by atoms with E-state index in [1.807, 2.05) is 30.3 Å². The Labute approximate surface area is 88.0 Å². The van der Waals surface area contributed by atoms with E-state index in [0.29, 0.717) is 6.61 Å². The molecule has 0 spiro atoms. The molecule has 2 rings (SSSR count). The minimum atomic E-state index is -0.985. The molecule has 0 radical (unpaired) electrons. The molecule has 0 fully saturated rings. The number of hydrogen-bond donors (Lipinski definition) is 1. The van der Waals surface area contributed by atoms with Crippen molar-refractivity contribution in [3.8, 4) is 0 Å². The van der Waals surface area contributed by atoms with E-state index in [0.717, 1.165) is 6.42 Å². The second-order valence-electron chi connectivity index (χ2n) is 3.53. The number of hydrogen-bond acceptors (Lipinski definition) is 2. The highest BCUT2D eigenvalue weighted by molar-refractivity contribution is 5.84. The average Bonchev–Trinajstić information content (AvgIpc) is 2.30. The number of carboxylic acid groups (broad SMARTS) is 1. The van der Waals surface area contributed by atoms with Gasteiger partial charge in [-0.25, -0.2) is 4.79 Å². The smallest absolute Gasteiger partial charge is 0.370 e. The minimum absolute atomic E-state index is 0.0715.